The first-order chi connectivity index (χ1) is 20.2. The molecular formula is C25H22O16S2-2. The maximum Gasteiger partial charge on any atom is 0.342 e. The van der Waals surface area contributed by atoms with Gasteiger partial charge < -0.3 is 45.3 Å². The van der Waals surface area contributed by atoms with E-state index in [4.69, 9.17) is 27.8 Å². The van der Waals surface area contributed by atoms with Gasteiger partial charge in [0.05, 0.1) is 20.3 Å². The number of fused-ring (bicyclic) bond motifs is 2. The van der Waals surface area contributed by atoms with Crippen LogP contribution in [0.3, 0.4) is 0 Å². The summed E-state index contributed by atoms with van der Waals surface area (Å²) in [5, 5.41) is 0.0720. The van der Waals surface area contributed by atoms with E-state index in [0.29, 0.717) is 0 Å². The summed E-state index contributed by atoms with van der Waals surface area (Å²) in [6.45, 7) is 3.91. The van der Waals surface area contributed by atoms with E-state index in [-0.39, 0.29) is 69.3 Å². The number of rotatable bonds is 12. The second kappa shape index (κ2) is 12.0. The minimum atomic E-state index is -5.32. The number of ether oxygens (including phenoxy) is 4. The third-order valence-corrected chi connectivity index (χ3v) is 6.45. The molecule has 16 nitrogen and oxygen atoms in total. The van der Waals surface area contributed by atoms with Crippen LogP contribution in [-0.2, 0) is 36.9 Å². The van der Waals surface area contributed by atoms with Crippen molar-refractivity contribution in [2.75, 3.05) is 20.3 Å². The van der Waals surface area contributed by atoms with Crippen molar-refractivity contribution in [1.82, 2.24) is 0 Å². The van der Waals surface area contributed by atoms with Crippen LogP contribution >= 0.6 is 0 Å². The molecule has 0 radical (unpaired) electrons. The van der Waals surface area contributed by atoms with E-state index in [0.717, 1.165) is 25.3 Å². The largest absolute Gasteiger partial charge is 0.716 e. The maximum absolute atomic E-state index is 12.9. The van der Waals surface area contributed by atoms with E-state index in [1.165, 1.54) is 19.9 Å². The van der Waals surface area contributed by atoms with Gasteiger partial charge >= 0.3 is 11.9 Å². The van der Waals surface area contributed by atoms with Crippen molar-refractivity contribution in [2.24, 2.45) is 0 Å². The van der Waals surface area contributed by atoms with E-state index < -0.39 is 50.8 Å². The van der Waals surface area contributed by atoms with Gasteiger partial charge in [-0.2, -0.15) is 0 Å². The topological polar surface area (TPSA) is 230 Å². The summed E-state index contributed by atoms with van der Waals surface area (Å²) >= 11 is 0. The molecule has 2 aromatic carbocycles. The molecule has 43 heavy (non-hydrogen) atoms. The summed E-state index contributed by atoms with van der Waals surface area (Å²) in [5.41, 5.74) is -0.338. The monoisotopic (exact) mass is 642 g/mol. The van der Waals surface area contributed by atoms with Gasteiger partial charge in [-0.3, -0.25) is 0 Å². The zero-order valence-electron chi connectivity index (χ0n) is 22.8. The second-order valence-electron chi connectivity index (χ2n) is 8.44. The van der Waals surface area contributed by atoms with Gasteiger partial charge in [-0.25, -0.2) is 26.4 Å². The van der Waals surface area contributed by atoms with Gasteiger partial charge in [-0.1, -0.05) is 0 Å². The minimum absolute atomic E-state index is 0.00197. The minimum Gasteiger partial charge on any atom is -0.716 e. The molecule has 0 saturated heterocycles. The smallest absolute Gasteiger partial charge is 0.342 e. The Hall–Kier alpha value is -4.52. The molecule has 0 fully saturated rings. The highest BCUT2D eigenvalue weighted by Gasteiger charge is 2.27. The van der Waals surface area contributed by atoms with Crippen LogP contribution in [0.2, 0.25) is 0 Å². The number of carbonyl (C=O) groups is 2. The molecule has 4 rings (SSSR count). The third-order valence-electron chi connectivity index (χ3n) is 5.68. The number of methoxy groups -OCH3 is 1. The molecular weight excluding hydrogens is 620 g/mol. The Bertz CT molecular complexity index is 1930. The number of aryl methyl sites for hydroxylation is 1. The molecule has 18 heteroatoms. The zero-order valence-corrected chi connectivity index (χ0v) is 24.4. The first-order valence-corrected chi connectivity index (χ1v) is 14.8. The molecule has 0 aliphatic heterocycles. The SMILES string of the molecule is CCOC(=O)c1c(C)oc2cc(OS(=O)(=O)[O-])c(OCc3oc4cc(OC)c(OS(=O)(=O)[O-])cc4c3C(=O)OCC)cc12. The molecule has 0 amide bonds. The molecule has 2 aromatic heterocycles. The van der Waals surface area contributed by atoms with Gasteiger partial charge in [0.2, 0.25) is 0 Å². The van der Waals surface area contributed by atoms with E-state index >= 15 is 0 Å². The van der Waals surface area contributed by atoms with Gasteiger partial charge in [-0.05, 0) is 32.9 Å². The molecule has 0 N–H and O–H groups in total. The van der Waals surface area contributed by atoms with Gasteiger partial charge in [-0.15, -0.1) is 0 Å². The van der Waals surface area contributed by atoms with Crippen LogP contribution in [0.25, 0.3) is 21.9 Å². The Morgan fingerprint density at radius 1 is 0.744 bits per heavy atom. The van der Waals surface area contributed by atoms with Crippen LogP contribution in [0.15, 0.2) is 33.1 Å². The van der Waals surface area contributed by atoms with Crippen molar-refractivity contribution in [3.05, 3.63) is 46.9 Å². The molecule has 0 saturated carbocycles. The molecule has 232 valence electrons. The predicted octanol–water partition coefficient (Wildman–Crippen LogP) is 3.11. The van der Waals surface area contributed by atoms with Crippen LogP contribution in [-0.4, -0.2) is 58.2 Å². The Morgan fingerprint density at radius 3 is 1.79 bits per heavy atom. The summed E-state index contributed by atoms with van der Waals surface area (Å²) < 4.78 is 109. The van der Waals surface area contributed by atoms with Gasteiger partial charge in [0.15, 0.2) is 28.8 Å². The van der Waals surface area contributed by atoms with Crippen molar-refractivity contribution in [3.63, 3.8) is 0 Å². The van der Waals surface area contributed by atoms with Crippen LogP contribution in [0.1, 0.15) is 46.1 Å². The highest BCUT2D eigenvalue weighted by atomic mass is 32.3. The van der Waals surface area contributed by atoms with Crippen molar-refractivity contribution < 1.29 is 71.7 Å². The maximum atomic E-state index is 12.9. The first-order valence-electron chi connectivity index (χ1n) is 12.1. The summed E-state index contributed by atoms with van der Waals surface area (Å²) in [7, 11) is -9.40. The van der Waals surface area contributed by atoms with E-state index in [1.54, 1.807) is 6.92 Å². The number of carbonyl (C=O) groups excluding carboxylic acids is 2. The average molecular weight is 643 g/mol. The summed E-state index contributed by atoms with van der Waals surface area (Å²) in [6.07, 6.45) is 0. The van der Waals surface area contributed by atoms with Crippen LogP contribution in [0.4, 0.5) is 0 Å². The molecule has 0 aliphatic carbocycles. The predicted molar refractivity (Wildman–Crippen MR) is 141 cm³/mol. The Kier molecular flexibility index (Phi) is 8.76. The standard InChI is InChI=1S/C25H24O16S2/c1-5-35-24(26)22-12(3)38-15-10-20(41-43(31,32)33)18(7-13(15)22)37-11-21-23(25(27)36-6-2)14-8-19(40-42(28,29)30)17(34-4)9-16(14)39-21/h7-10H,5-6,11H2,1-4H3,(H,28,29,30)(H,31,32,33)/p-2. The summed E-state index contributed by atoms with van der Waals surface area (Å²) in [6, 6.07) is 4.33. The fourth-order valence-corrected chi connectivity index (χ4v) is 4.83. The lowest BCUT2D eigenvalue weighted by Crippen LogP contribution is -2.11. The fourth-order valence-electron chi connectivity index (χ4n) is 4.13. The number of furan rings is 2. The second-order valence-corrected chi connectivity index (χ2v) is 10.4. The zero-order chi connectivity index (χ0) is 31.7. The van der Waals surface area contributed by atoms with Crippen LogP contribution < -0.4 is 17.8 Å². The summed E-state index contributed by atoms with van der Waals surface area (Å²) in [4.78, 5) is 25.5. The molecule has 0 unspecified atom stereocenters. The normalized spacial score (nSPS) is 11.9. The van der Waals surface area contributed by atoms with Crippen molar-refractivity contribution in [2.45, 2.75) is 27.4 Å². The van der Waals surface area contributed by atoms with Crippen LogP contribution in [0, 0.1) is 6.92 Å². The quantitative estimate of drug-likeness (QED) is 0.123. The Morgan fingerprint density at radius 2 is 1.23 bits per heavy atom. The molecule has 0 atom stereocenters. The van der Waals surface area contributed by atoms with Gasteiger partial charge in [0.1, 0.15) is 34.7 Å². The number of esters is 2. The Labute approximate surface area is 243 Å². The highest BCUT2D eigenvalue weighted by Crippen LogP contribution is 2.40. The van der Waals surface area contributed by atoms with E-state index in [9.17, 15) is 35.5 Å². The Balaban J connectivity index is 1.85. The van der Waals surface area contributed by atoms with E-state index in [2.05, 4.69) is 8.37 Å². The van der Waals surface area contributed by atoms with Crippen molar-refractivity contribution >= 4 is 54.7 Å². The number of benzene rings is 2. The number of hydrogen-bond acceptors (Lipinski definition) is 16. The van der Waals surface area contributed by atoms with Gasteiger partial charge in [0, 0.05) is 22.9 Å². The lowest BCUT2D eigenvalue weighted by molar-refractivity contribution is 0.0514. The molecule has 0 bridgehead atoms. The van der Waals surface area contributed by atoms with E-state index in [1.807, 2.05) is 0 Å². The molecule has 0 spiro atoms. The van der Waals surface area contributed by atoms with Gasteiger partial charge in [0.25, 0.3) is 20.8 Å². The molecule has 4 aromatic rings. The summed E-state index contributed by atoms with van der Waals surface area (Å²) in [5.74, 6) is -3.56. The van der Waals surface area contributed by atoms with Crippen LogP contribution in [0.5, 0.6) is 23.0 Å². The van der Waals surface area contributed by atoms with Crippen molar-refractivity contribution in [3.8, 4) is 23.0 Å². The number of hydrogen-bond donors (Lipinski definition) is 0. The fraction of sp³-hybridized carbons (Fsp3) is 0.280. The lowest BCUT2D eigenvalue weighted by Gasteiger charge is -2.14. The third kappa shape index (κ3) is 6.94. The highest BCUT2D eigenvalue weighted by molar-refractivity contribution is 7.81. The first kappa shape index (κ1) is 31.4. The molecule has 0 aliphatic rings. The lowest BCUT2D eigenvalue weighted by atomic mass is 10.1. The molecule has 2 heterocycles. The average Bonchev–Trinajstić information content (AvgIpc) is 3.40. The van der Waals surface area contributed by atoms with Crippen molar-refractivity contribution in [1.29, 1.82) is 0 Å².